The molecule has 7 heteroatoms. The molecule has 1 aromatic carbocycles. The Bertz CT molecular complexity index is 805. The largest absolute Gasteiger partial charge is 0.345 e. The van der Waals surface area contributed by atoms with Gasteiger partial charge in [0.1, 0.15) is 5.69 Å². The number of ketones is 1. The maximum absolute atomic E-state index is 12.1. The van der Waals surface area contributed by atoms with Crippen molar-refractivity contribution in [2.75, 3.05) is 5.32 Å². The zero-order valence-electron chi connectivity index (χ0n) is 10.5. The fraction of sp³-hybridized carbons (Fsp3) is 0.0769. The van der Waals surface area contributed by atoms with E-state index in [0.717, 1.165) is 11.0 Å². The van der Waals surface area contributed by atoms with Crippen LogP contribution in [0, 0.1) is 0 Å². The molecule has 2 heterocycles. The van der Waals surface area contributed by atoms with E-state index in [4.69, 9.17) is 0 Å². The first-order chi connectivity index (χ1) is 9.63. The summed E-state index contributed by atoms with van der Waals surface area (Å²) in [5.74, 6) is -0.397. The fourth-order valence-corrected chi connectivity index (χ4v) is 2.48. The first kappa shape index (κ1) is 12.5. The number of nitrogens with zero attached hydrogens (tertiary/aromatic N) is 2. The van der Waals surface area contributed by atoms with Crippen LogP contribution in [0.25, 0.3) is 11.0 Å². The van der Waals surface area contributed by atoms with E-state index in [9.17, 15) is 9.59 Å². The molecule has 0 saturated heterocycles. The van der Waals surface area contributed by atoms with E-state index in [1.807, 2.05) is 0 Å². The zero-order chi connectivity index (χ0) is 14.1. The molecule has 1 amide bonds. The number of H-pyrrole nitrogens is 1. The number of rotatable bonds is 3. The molecule has 0 spiro atoms. The molecule has 0 fully saturated rings. The van der Waals surface area contributed by atoms with Crippen molar-refractivity contribution in [3.05, 3.63) is 41.2 Å². The smallest absolute Gasteiger partial charge is 0.257 e. The summed E-state index contributed by atoms with van der Waals surface area (Å²) in [4.78, 5) is 34.3. The second-order valence-electron chi connectivity index (χ2n) is 4.18. The first-order valence-corrected chi connectivity index (χ1v) is 6.72. The Kier molecular flexibility index (Phi) is 3.03. The highest BCUT2D eigenvalue weighted by molar-refractivity contribution is 7.14. The van der Waals surface area contributed by atoms with E-state index < -0.39 is 0 Å². The Balaban J connectivity index is 1.82. The minimum atomic E-state index is -0.272. The van der Waals surface area contributed by atoms with Gasteiger partial charge in [-0.15, -0.1) is 11.3 Å². The number of Topliss-reactive ketones (excluding diaryl/α,β-unsaturated/α-hetero) is 1. The van der Waals surface area contributed by atoms with Gasteiger partial charge in [-0.05, 0) is 18.2 Å². The second kappa shape index (κ2) is 4.86. The number of thiazole rings is 1. The summed E-state index contributed by atoms with van der Waals surface area (Å²) >= 11 is 1.22. The van der Waals surface area contributed by atoms with Gasteiger partial charge in [-0.3, -0.25) is 14.9 Å². The van der Waals surface area contributed by atoms with Crippen molar-refractivity contribution >= 4 is 39.2 Å². The Morgan fingerprint density at radius 3 is 2.95 bits per heavy atom. The third-order valence-corrected chi connectivity index (χ3v) is 3.53. The normalized spacial score (nSPS) is 10.7. The predicted molar refractivity (Wildman–Crippen MR) is 76.2 cm³/mol. The van der Waals surface area contributed by atoms with E-state index in [0.29, 0.717) is 16.4 Å². The monoisotopic (exact) mass is 286 g/mol. The molecule has 0 atom stereocenters. The number of fused-ring (bicyclic) bond motifs is 1. The Hall–Kier alpha value is -2.54. The van der Waals surface area contributed by atoms with Crippen LogP contribution in [0.4, 0.5) is 5.13 Å². The number of benzene rings is 1. The van der Waals surface area contributed by atoms with Gasteiger partial charge in [0, 0.05) is 17.9 Å². The maximum atomic E-state index is 12.1. The van der Waals surface area contributed by atoms with Crippen LogP contribution in [-0.2, 0) is 0 Å². The van der Waals surface area contributed by atoms with Crippen LogP contribution >= 0.6 is 11.3 Å². The van der Waals surface area contributed by atoms with Gasteiger partial charge in [-0.2, -0.15) is 0 Å². The molecule has 2 N–H and O–H groups in total. The molecule has 0 bridgehead atoms. The van der Waals surface area contributed by atoms with Crippen molar-refractivity contribution in [3.63, 3.8) is 0 Å². The quantitative estimate of drug-likeness (QED) is 0.724. The Labute approximate surface area is 117 Å². The summed E-state index contributed by atoms with van der Waals surface area (Å²) in [7, 11) is 0. The molecule has 0 aliphatic heterocycles. The number of hydrogen-bond acceptors (Lipinski definition) is 5. The van der Waals surface area contributed by atoms with Crippen LogP contribution in [0.1, 0.15) is 27.8 Å². The SMILES string of the molecule is CC(=O)c1csc(NC(=O)c2ccc3nc[nH]c3c2)n1. The molecule has 0 radical (unpaired) electrons. The Morgan fingerprint density at radius 2 is 2.20 bits per heavy atom. The summed E-state index contributed by atoms with van der Waals surface area (Å²) in [5.41, 5.74) is 2.45. The molecule has 0 aliphatic rings. The fourth-order valence-electron chi connectivity index (χ4n) is 1.74. The molecule has 3 aromatic rings. The van der Waals surface area contributed by atoms with E-state index in [1.165, 1.54) is 18.3 Å². The molecular weight excluding hydrogens is 276 g/mol. The lowest BCUT2D eigenvalue weighted by Gasteiger charge is -2.01. The zero-order valence-corrected chi connectivity index (χ0v) is 11.3. The Morgan fingerprint density at radius 1 is 1.35 bits per heavy atom. The average molecular weight is 286 g/mol. The minimum absolute atomic E-state index is 0.124. The molecule has 20 heavy (non-hydrogen) atoms. The van der Waals surface area contributed by atoms with Gasteiger partial charge >= 0.3 is 0 Å². The summed E-state index contributed by atoms with van der Waals surface area (Å²) in [6.45, 7) is 1.44. The summed E-state index contributed by atoms with van der Waals surface area (Å²) in [5, 5.41) is 4.70. The highest BCUT2D eigenvalue weighted by atomic mass is 32.1. The van der Waals surface area contributed by atoms with Crippen molar-refractivity contribution < 1.29 is 9.59 Å². The second-order valence-corrected chi connectivity index (χ2v) is 5.04. The number of anilines is 1. The summed E-state index contributed by atoms with van der Waals surface area (Å²) in [6.07, 6.45) is 1.58. The van der Waals surface area contributed by atoms with Gasteiger partial charge < -0.3 is 4.98 Å². The number of aromatic amines is 1. The van der Waals surface area contributed by atoms with Gasteiger partial charge in [0.15, 0.2) is 10.9 Å². The van der Waals surface area contributed by atoms with Crippen LogP contribution in [0.2, 0.25) is 0 Å². The maximum Gasteiger partial charge on any atom is 0.257 e. The third kappa shape index (κ3) is 2.30. The van der Waals surface area contributed by atoms with Gasteiger partial charge in [0.2, 0.25) is 0 Å². The van der Waals surface area contributed by atoms with Crippen LogP contribution < -0.4 is 5.32 Å². The average Bonchev–Trinajstić information content (AvgIpc) is 3.05. The van der Waals surface area contributed by atoms with Gasteiger partial charge in [-0.25, -0.2) is 9.97 Å². The molecule has 0 aliphatic carbocycles. The molecule has 3 rings (SSSR count). The van der Waals surface area contributed by atoms with Crippen molar-refractivity contribution in [2.45, 2.75) is 6.92 Å². The molecule has 0 saturated carbocycles. The highest BCUT2D eigenvalue weighted by Gasteiger charge is 2.11. The van der Waals surface area contributed by atoms with Crippen LogP contribution in [0.5, 0.6) is 0 Å². The summed E-state index contributed by atoms with van der Waals surface area (Å²) in [6, 6.07) is 5.18. The van der Waals surface area contributed by atoms with Crippen molar-refractivity contribution in [1.82, 2.24) is 15.0 Å². The number of amides is 1. The van der Waals surface area contributed by atoms with E-state index in [2.05, 4.69) is 20.3 Å². The van der Waals surface area contributed by atoms with Crippen molar-refractivity contribution in [3.8, 4) is 0 Å². The molecule has 0 unspecified atom stereocenters. The number of nitrogens with one attached hydrogen (secondary N) is 2. The molecule has 2 aromatic heterocycles. The lowest BCUT2D eigenvalue weighted by Crippen LogP contribution is -2.11. The van der Waals surface area contributed by atoms with E-state index >= 15 is 0 Å². The topological polar surface area (TPSA) is 87.7 Å². The highest BCUT2D eigenvalue weighted by Crippen LogP contribution is 2.18. The van der Waals surface area contributed by atoms with Crippen molar-refractivity contribution in [2.24, 2.45) is 0 Å². The number of carbonyl (C=O) groups excluding carboxylic acids is 2. The predicted octanol–water partition coefficient (Wildman–Crippen LogP) is 2.47. The number of imidazole rings is 1. The lowest BCUT2D eigenvalue weighted by atomic mass is 10.2. The molecular formula is C13H10N4O2S. The number of aromatic nitrogens is 3. The molecule has 6 nitrogen and oxygen atoms in total. The lowest BCUT2D eigenvalue weighted by molar-refractivity contribution is 0.100. The minimum Gasteiger partial charge on any atom is -0.345 e. The number of hydrogen-bond donors (Lipinski definition) is 2. The van der Waals surface area contributed by atoms with Crippen LogP contribution in [0.15, 0.2) is 29.9 Å². The standard InChI is InChI=1S/C13H10N4O2S/c1-7(18)11-5-20-13(16-11)17-12(19)8-2-3-9-10(4-8)15-6-14-9/h2-6H,1H3,(H,14,15)(H,16,17,19). The summed E-state index contributed by atoms with van der Waals surface area (Å²) < 4.78 is 0. The van der Waals surface area contributed by atoms with Crippen LogP contribution in [-0.4, -0.2) is 26.6 Å². The first-order valence-electron chi connectivity index (χ1n) is 5.84. The van der Waals surface area contributed by atoms with E-state index in [1.54, 1.807) is 29.9 Å². The van der Waals surface area contributed by atoms with E-state index in [-0.39, 0.29) is 11.7 Å². The van der Waals surface area contributed by atoms with Gasteiger partial charge in [0.25, 0.3) is 5.91 Å². The van der Waals surface area contributed by atoms with Crippen molar-refractivity contribution in [1.29, 1.82) is 0 Å². The van der Waals surface area contributed by atoms with Gasteiger partial charge in [0.05, 0.1) is 17.4 Å². The van der Waals surface area contributed by atoms with Crippen LogP contribution in [0.3, 0.4) is 0 Å². The number of carbonyl (C=O) groups is 2. The molecule has 100 valence electrons. The third-order valence-electron chi connectivity index (χ3n) is 2.77. The van der Waals surface area contributed by atoms with Gasteiger partial charge in [-0.1, -0.05) is 0 Å².